The van der Waals surface area contributed by atoms with Crippen LogP contribution in [-0.4, -0.2) is 44.2 Å². The summed E-state index contributed by atoms with van der Waals surface area (Å²) in [6.45, 7) is 1.87. The fourth-order valence-electron chi connectivity index (χ4n) is 1.65. The third kappa shape index (κ3) is 6.02. The van der Waals surface area contributed by atoms with Gasteiger partial charge >= 0.3 is 0 Å². The van der Waals surface area contributed by atoms with Crippen molar-refractivity contribution in [2.75, 3.05) is 38.7 Å². The van der Waals surface area contributed by atoms with Crippen LogP contribution in [0.5, 0.6) is 0 Å². The van der Waals surface area contributed by atoms with Crippen LogP contribution in [-0.2, 0) is 9.53 Å². The number of benzene rings is 1. The Kier molecular flexibility index (Phi) is 7.66. The average Bonchev–Trinajstić information content (AvgIpc) is 2.44. The summed E-state index contributed by atoms with van der Waals surface area (Å²) in [5, 5.41) is 11.9. The van der Waals surface area contributed by atoms with Gasteiger partial charge in [-0.15, -0.1) is 0 Å². The second kappa shape index (κ2) is 9.32. The predicted octanol–water partition coefficient (Wildman–Crippen LogP) is 2.14. The van der Waals surface area contributed by atoms with Gasteiger partial charge < -0.3 is 10.1 Å². The van der Waals surface area contributed by atoms with Crippen LogP contribution >= 0.6 is 11.6 Å². The van der Waals surface area contributed by atoms with E-state index in [0.717, 1.165) is 0 Å². The molecule has 0 aliphatic heterocycles. The van der Waals surface area contributed by atoms with Gasteiger partial charge in [0.25, 0.3) is 0 Å². The number of anilines is 1. The molecule has 0 aliphatic rings. The van der Waals surface area contributed by atoms with Crippen molar-refractivity contribution in [3.8, 4) is 6.07 Å². The Balaban J connectivity index is 2.52. The molecule has 6 heteroatoms. The molecule has 0 radical (unpaired) electrons. The third-order valence-corrected chi connectivity index (χ3v) is 3.00. The molecule has 0 unspecified atom stereocenters. The van der Waals surface area contributed by atoms with Crippen molar-refractivity contribution in [2.45, 2.75) is 6.42 Å². The zero-order valence-corrected chi connectivity index (χ0v) is 12.2. The number of rotatable bonds is 8. The summed E-state index contributed by atoms with van der Waals surface area (Å²) in [7, 11) is 1.60. The maximum absolute atomic E-state index is 12.0. The molecule has 1 rings (SSSR count). The van der Waals surface area contributed by atoms with E-state index in [2.05, 4.69) is 11.4 Å². The molecule has 0 aliphatic carbocycles. The molecule has 1 aromatic carbocycles. The predicted molar refractivity (Wildman–Crippen MR) is 78.6 cm³/mol. The highest BCUT2D eigenvalue weighted by atomic mass is 35.5. The van der Waals surface area contributed by atoms with Gasteiger partial charge in [-0.25, -0.2) is 0 Å². The molecule has 0 saturated carbocycles. The molecular formula is C14H18ClN3O2. The Bertz CT molecular complexity index is 474. The molecule has 0 bridgehead atoms. The zero-order valence-electron chi connectivity index (χ0n) is 11.4. The standard InChI is InChI=1S/C14H18ClN3O2/c1-20-10-9-18(8-4-7-16)11-14(19)17-13-6-3-2-5-12(13)15/h2-3,5-6H,4,8-11H2,1H3,(H,17,19). The number of hydrogen-bond donors (Lipinski definition) is 1. The third-order valence-electron chi connectivity index (χ3n) is 2.67. The van der Waals surface area contributed by atoms with E-state index in [1.165, 1.54) is 0 Å². The quantitative estimate of drug-likeness (QED) is 0.798. The van der Waals surface area contributed by atoms with Crippen LogP contribution in [0.3, 0.4) is 0 Å². The molecular weight excluding hydrogens is 278 g/mol. The van der Waals surface area contributed by atoms with Gasteiger partial charge in [-0.2, -0.15) is 5.26 Å². The van der Waals surface area contributed by atoms with E-state index in [1.54, 1.807) is 31.4 Å². The number of carbonyl (C=O) groups excluding carboxylic acids is 1. The van der Waals surface area contributed by atoms with Crippen LogP contribution in [0.1, 0.15) is 6.42 Å². The number of carbonyl (C=O) groups is 1. The number of amides is 1. The maximum atomic E-state index is 12.0. The van der Waals surface area contributed by atoms with E-state index in [9.17, 15) is 4.79 Å². The minimum absolute atomic E-state index is 0.160. The molecule has 0 saturated heterocycles. The maximum Gasteiger partial charge on any atom is 0.238 e. The Morgan fingerprint density at radius 3 is 2.85 bits per heavy atom. The highest BCUT2D eigenvalue weighted by Crippen LogP contribution is 2.20. The minimum Gasteiger partial charge on any atom is -0.383 e. The van der Waals surface area contributed by atoms with Gasteiger partial charge in [0.2, 0.25) is 5.91 Å². The van der Waals surface area contributed by atoms with Crippen molar-refractivity contribution in [2.24, 2.45) is 0 Å². The fourth-order valence-corrected chi connectivity index (χ4v) is 1.84. The number of nitriles is 1. The lowest BCUT2D eigenvalue weighted by Crippen LogP contribution is -2.36. The monoisotopic (exact) mass is 295 g/mol. The summed E-state index contributed by atoms with van der Waals surface area (Å²) in [5.41, 5.74) is 0.589. The first-order valence-corrected chi connectivity index (χ1v) is 6.67. The number of methoxy groups -OCH3 is 1. The van der Waals surface area contributed by atoms with Crippen molar-refractivity contribution >= 4 is 23.2 Å². The average molecular weight is 296 g/mol. The fraction of sp³-hybridized carbons (Fsp3) is 0.429. The Labute approximate surface area is 124 Å². The van der Waals surface area contributed by atoms with E-state index < -0.39 is 0 Å². The summed E-state index contributed by atoms with van der Waals surface area (Å²) < 4.78 is 4.99. The summed E-state index contributed by atoms with van der Waals surface area (Å²) in [5.74, 6) is -0.160. The second-order valence-corrected chi connectivity index (χ2v) is 4.61. The molecule has 0 atom stereocenters. The number of nitrogens with zero attached hydrogens (tertiary/aromatic N) is 2. The Morgan fingerprint density at radius 2 is 2.20 bits per heavy atom. The van der Waals surface area contributed by atoms with Gasteiger partial charge in [0, 0.05) is 26.6 Å². The zero-order chi connectivity index (χ0) is 14.8. The van der Waals surface area contributed by atoms with Gasteiger partial charge in [0.05, 0.1) is 29.9 Å². The lowest BCUT2D eigenvalue weighted by Gasteiger charge is -2.20. The topological polar surface area (TPSA) is 65.4 Å². The van der Waals surface area contributed by atoms with E-state index in [-0.39, 0.29) is 12.5 Å². The number of para-hydroxylation sites is 1. The van der Waals surface area contributed by atoms with Gasteiger partial charge in [-0.05, 0) is 12.1 Å². The summed E-state index contributed by atoms with van der Waals surface area (Å²) in [6.07, 6.45) is 0.378. The molecule has 0 heterocycles. The highest BCUT2D eigenvalue weighted by molar-refractivity contribution is 6.33. The van der Waals surface area contributed by atoms with Crippen molar-refractivity contribution in [1.82, 2.24) is 4.90 Å². The van der Waals surface area contributed by atoms with Crippen LogP contribution in [0.4, 0.5) is 5.69 Å². The molecule has 0 spiro atoms. The van der Waals surface area contributed by atoms with Crippen molar-refractivity contribution in [3.63, 3.8) is 0 Å². The van der Waals surface area contributed by atoms with Crippen molar-refractivity contribution in [1.29, 1.82) is 5.26 Å². The molecule has 0 fully saturated rings. The number of halogens is 1. The lowest BCUT2D eigenvalue weighted by molar-refractivity contribution is -0.117. The SMILES string of the molecule is COCCN(CCC#N)CC(=O)Nc1ccccc1Cl. The second-order valence-electron chi connectivity index (χ2n) is 4.21. The first-order chi connectivity index (χ1) is 9.67. The van der Waals surface area contributed by atoms with Crippen LogP contribution in [0.2, 0.25) is 5.02 Å². The Morgan fingerprint density at radius 1 is 1.45 bits per heavy atom. The first-order valence-electron chi connectivity index (χ1n) is 6.30. The van der Waals surface area contributed by atoms with Crippen LogP contribution < -0.4 is 5.32 Å². The lowest BCUT2D eigenvalue weighted by atomic mass is 10.3. The normalized spacial score (nSPS) is 10.3. The van der Waals surface area contributed by atoms with Gasteiger partial charge in [-0.1, -0.05) is 23.7 Å². The molecule has 1 amide bonds. The van der Waals surface area contributed by atoms with Gasteiger partial charge in [-0.3, -0.25) is 9.69 Å². The van der Waals surface area contributed by atoms with Crippen molar-refractivity contribution < 1.29 is 9.53 Å². The van der Waals surface area contributed by atoms with E-state index >= 15 is 0 Å². The molecule has 5 nitrogen and oxygen atoms in total. The van der Waals surface area contributed by atoms with Crippen molar-refractivity contribution in [3.05, 3.63) is 29.3 Å². The van der Waals surface area contributed by atoms with Crippen LogP contribution in [0.25, 0.3) is 0 Å². The largest absolute Gasteiger partial charge is 0.383 e. The van der Waals surface area contributed by atoms with Gasteiger partial charge in [0.1, 0.15) is 0 Å². The molecule has 1 N–H and O–H groups in total. The summed E-state index contributed by atoms with van der Waals surface area (Å²) in [4.78, 5) is 13.8. The number of hydrogen-bond acceptors (Lipinski definition) is 4. The van der Waals surface area contributed by atoms with Crippen LogP contribution in [0, 0.1) is 11.3 Å². The molecule has 1 aromatic rings. The Hall–Kier alpha value is -1.61. The van der Waals surface area contributed by atoms with Gasteiger partial charge in [0.15, 0.2) is 0 Å². The van der Waals surface area contributed by atoms with E-state index in [0.29, 0.717) is 36.8 Å². The first kappa shape index (κ1) is 16.4. The van der Waals surface area contributed by atoms with Crippen LogP contribution in [0.15, 0.2) is 24.3 Å². The molecule has 108 valence electrons. The number of nitrogens with one attached hydrogen (secondary N) is 1. The van der Waals surface area contributed by atoms with E-state index in [1.807, 2.05) is 4.90 Å². The number of ether oxygens (including phenoxy) is 1. The summed E-state index contributed by atoms with van der Waals surface area (Å²) >= 11 is 5.98. The highest BCUT2D eigenvalue weighted by Gasteiger charge is 2.11. The molecule has 0 aromatic heterocycles. The minimum atomic E-state index is -0.160. The smallest absolute Gasteiger partial charge is 0.238 e. The van der Waals surface area contributed by atoms with E-state index in [4.69, 9.17) is 21.6 Å². The summed E-state index contributed by atoms with van der Waals surface area (Å²) in [6, 6.07) is 9.14. The molecule has 20 heavy (non-hydrogen) atoms.